The van der Waals surface area contributed by atoms with Crippen LogP contribution in [0.25, 0.3) is 0 Å². The van der Waals surface area contributed by atoms with Crippen LogP contribution >= 0.6 is 0 Å². The fourth-order valence-electron chi connectivity index (χ4n) is 0. The SMILES string of the molecule is BBB(B)C. The topological polar surface area (TPSA) is 0 Å². The van der Waals surface area contributed by atoms with Gasteiger partial charge in [0, 0.05) is 7.06 Å². The molecule has 0 aliphatic heterocycles. The largest absolute Gasteiger partial charge is 0.100 e. The van der Waals surface area contributed by atoms with Gasteiger partial charge in [0.25, 0.3) is 0 Å². The summed E-state index contributed by atoms with van der Waals surface area (Å²) in [4.78, 5) is 0. The van der Waals surface area contributed by atoms with Gasteiger partial charge in [-0.3, -0.25) is 0 Å². The van der Waals surface area contributed by atoms with Crippen molar-refractivity contribution in [3.8, 4) is 0 Å². The molecule has 0 aromatic rings. The van der Waals surface area contributed by atoms with E-state index in [1.54, 1.807) is 0 Å². The molecule has 0 N–H and O–H groups in total. The third-order valence-electron chi connectivity index (χ3n) is 0.816. The lowest BCUT2D eigenvalue weighted by Gasteiger charge is -1.81. The van der Waals surface area contributed by atoms with Gasteiger partial charge in [-0.1, -0.05) is 0 Å². The van der Waals surface area contributed by atoms with Crippen LogP contribution in [0.5, 0.6) is 0 Å². The van der Waals surface area contributed by atoms with E-state index in [1.165, 1.54) is 7.06 Å². The van der Waals surface area contributed by atoms with Crippen LogP contribution in [-0.4, -0.2) is 29.0 Å². The molecule has 0 saturated carbocycles. The molecule has 24 valence electrons. The van der Waals surface area contributed by atoms with E-state index in [4.69, 9.17) is 0 Å². The Morgan fingerprint density at radius 3 is 2.00 bits per heavy atom. The molecule has 0 heterocycles. The monoisotopic (exact) mass is 64.1 g/mol. The normalized spacial score (nSPS) is 6.60. The second-order valence-electron chi connectivity index (χ2n) is 1.80. The second kappa shape index (κ2) is 2.49. The predicted octanol–water partition coefficient (Wildman–Crippen LogP) is -2.28. The van der Waals surface area contributed by atoms with Crippen molar-refractivity contribution in [3.63, 3.8) is 0 Å². The van der Waals surface area contributed by atoms with Crippen molar-refractivity contribution < 1.29 is 0 Å². The quantitative estimate of drug-likeness (QED) is 0.301. The highest BCUT2D eigenvalue weighted by Crippen LogP contribution is 1.57. The van der Waals surface area contributed by atoms with Crippen molar-refractivity contribution in [1.29, 1.82) is 0 Å². The third kappa shape index (κ3) is 4.26. The van der Waals surface area contributed by atoms with E-state index >= 15 is 0 Å². The van der Waals surface area contributed by atoms with Crippen LogP contribution in [0.15, 0.2) is 0 Å². The predicted molar refractivity (Wildman–Crippen MR) is 35.9 cm³/mol. The molecule has 0 spiro atoms. The Bertz CT molecular complexity index is 17.6. The lowest BCUT2D eigenvalue weighted by Crippen LogP contribution is -2.17. The molecular formula is CH8B4. The fourth-order valence-corrected chi connectivity index (χ4v) is 0. The first kappa shape index (κ1) is 5.26. The minimum absolute atomic E-state index is 0.884. The average Bonchev–Trinajstić information content (AvgIpc) is 1.38. The van der Waals surface area contributed by atoms with Gasteiger partial charge in [0.05, 0.1) is 22.0 Å². The molecule has 0 rings (SSSR count). The van der Waals surface area contributed by atoms with Gasteiger partial charge in [0.1, 0.15) is 0 Å². The van der Waals surface area contributed by atoms with Crippen molar-refractivity contribution in [2.45, 2.75) is 6.82 Å². The Morgan fingerprint density at radius 2 is 2.00 bits per heavy atom. The molecule has 0 atom stereocenters. The van der Waals surface area contributed by atoms with E-state index in [-0.39, 0.29) is 0 Å². The van der Waals surface area contributed by atoms with E-state index < -0.39 is 0 Å². The first-order chi connectivity index (χ1) is 2.27. The van der Waals surface area contributed by atoms with Crippen LogP contribution in [0.3, 0.4) is 0 Å². The number of rotatable bonds is 1. The maximum absolute atomic E-state index is 2.22. The highest BCUT2D eigenvalue weighted by atomic mass is 12.9. The van der Waals surface area contributed by atoms with E-state index in [9.17, 15) is 0 Å². The molecule has 0 aromatic carbocycles. The van der Waals surface area contributed by atoms with Crippen LogP contribution in [-0.2, 0) is 0 Å². The van der Waals surface area contributed by atoms with Gasteiger partial charge in [-0.15, -0.1) is 6.82 Å². The van der Waals surface area contributed by atoms with Crippen molar-refractivity contribution in [2.75, 3.05) is 0 Å². The number of hydrogen-bond acceptors (Lipinski definition) is 0. The first-order valence-corrected chi connectivity index (χ1v) is 2.27. The summed E-state index contributed by atoms with van der Waals surface area (Å²) in [6.07, 6.45) is 0. The minimum Gasteiger partial charge on any atom is -0.100 e. The van der Waals surface area contributed by atoms with Crippen molar-refractivity contribution >= 4 is 29.0 Å². The van der Waals surface area contributed by atoms with Gasteiger partial charge in [0.2, 0.25) is 0 Å². The number of hydrogen-bond donors (Lipinski definition) is 0. The van der Waals surface area contributed by atoms with Crippen LogP contribution in [0.2, 0.25) is 6.82 Å². The molecule has 0 amide bonds. The molecule has 0 aliphatic carbocycles. The van der Waals surface area contributed by atoms with Crippen LogP contribution < -0.4 is 0 Å². The Labute approximate surface area is 36.8 Å². The summed E-state index contributed by atoms with van der Waals surface area (Å²) in [6.45, 7) is 3.11. The molecule has 0 radical (unpaired) electrons. The molecule has 0 bridgehead atoms. The molecule has 0 saturated heterocycles. The summed E-state index contributed by atoms with van der Waals surface area (Å²) in [5.74, 6) is 0. The summed E-state index contributed by atoms with van der Waals surface area (Å²) in [7, 11) is 5.73. The lowest BCUT2D eigenvalue weighted by atomic mass is 9.06. The Kier molecular flexibility index (Phi) is 2.62. The fraction of sp³-hybridized carbons (Fsp3) is 1.00. The standard InChI is InChI=1S/CH8B4/c1-5(3)4-2/h4H,2-3H2,1H3. The molecule has 0 aliphatic rings. The Hall–Kier alpha value is 0.260. The van der Waals surface area contributed by atoms with E-state index in [2.05, 4.69) is 22.3 Å². The van der Waals surface area contributed by atoms with E-state index in [0.717, 1.165) is 6.49 Å². The van der Waals surface area contributed by atoms with Gasteiger partial charge in [-0.05, 0) is 0 Å². The molecular weight excluding hydrogens is 55.3 g/mol. The zero-order chi connectivity index (χ0) is 4.28. The Morgan fingerprint density at radius 1 is 1.80 bits per heavy atom. The van der Waals surface area contributed by atoms with Crippen molar-refractivity contribution in [1.82, 2.24) is 0 Å². The van der Waals surface area contributed by atoms with Crippen molar-refractivity contribution in [3.05, 3.63) is 0 Å². The summed E-state index contributed by atoms with van der Waals surface area (Å²) < 4.78 is 0. The smallest absolute Gasteiger partial charge is 0.0637 e. The molecule has 0 nitrogen and oxygen atoms in total. The van der Waals surface area contributed by atoms with Crippen LogP contribution in [0, 0.1) is 0 Å². The molecule has 0 unspecified atom stereocenters. The zero-order valence-electron chi connectivity index (χ0n) is 4.28. The summed E-state index contributed by atoms with van der Waals surface area (Å²) in [6, 6.07) is 0. The minimum atomic E-state index is 0.884. The van der Waals surface area contributed by atoms with Crippen LogP contribution in [0.1, 0.15) is 0 Å². The summed E-state index contributed by atoms with van der Waals surface area (Å²) in [5, 5.41) is 0. The second-order valence-corrected chi connectivity index (χ2v) is 1.80. The molecule has 5 heavy (non-hydrogen) atoms. The third-order valence-corrected chi connectivity index (χ3v) is 0.816. The Balaban J connectivity index is 2.54. The van der Waals surface area contributed by atoms with Gasteiger partial charge < -0.3 is 0 Å². The highest BCUT2D eigenvalue weighted by molar-refractivity contribution is 7.45. The molecule has 4 heteroatoms. The first-order valence-electron chi connectivity index (χ1n) is 2.27. The maximum Gasteiger partial charge on any atom is 0.0637 e. The zero-order valence-corrected chi connectivity index (χ0v) is 4.28. The average molecular weight is 63.3 g/mol. The van der Waals surface area contributed by atoms with Crippen molar-refractivity contribution in [2.24, 2.45) is 0 Å². The van der Waals surface area contributed by atoms with E-state index in [0.29, 0.717) is 0 Å². The van der Waals surface area contributed by atoms with Gasteiger partial charge in [-0.2, -0.15) is 0 Å². The summed E-state index contributed by atoms with van der Waals surface area (Å²) in [5.41, 5.74) is 0. The molecule has 0 aromatic heterocycles. The van der Waals surface area contributed by atoms with Gasteiger partial charge in [0.15, 0.2) is 0 Å². The van der Waals surface area contributed by atoms with Gasteiger partial charge in [-0.25, -0.2) is 0 Å². The lowest BCUT2D eigenvalue weighted by molar-refractivity contribution is 2.34. The van der Waals surface area contributed by atoms with Gasteiger partial charge >= 0.3 is 0 Å². The van der Waals surface area contributed by atoms with Crippen LogP contribution in [0.4, 0.5) is 0 Å². The maximum atomic E-state index is 2.22. The molecule has 0 fully saturated rings. The van der Waals surface area contributed by atoms with E-state index in [1.807, 2.05) is 0 Å². The highest BCUT2D eigenvalue weighted by Gasteiger charge is 1.89. The summed E-state index contributed by atoms with van der Waals surface area (Å²) >= 11 is 0.